The highest BCUT2D eigenvalue weighted by Crippen LogP contribution is 2.54. The van der Waals surface area contributed by atoms with Crippen LogP contribution in [0.15, 0.2) is 0 Å². The first kappa shape index (κ1) is 14.6. The highest BCUT2D eigenvalue weighted by molar-refractivity contribution is 5.82. The van der Waals surface area contributed by atoms with Gasteiger partial charge in [-0.1, -0.05) is 20.3 Å². The number of carbonyl (C=O) groups excluding carboxylic acids is 1. The highest BCUT2D eigenvalue weighted by atomic mass is 16.1. The molecule has 3 saturated carbocycles. The summed E-state index contributed by atoms with van der Waals surface area (Å²) in [5.41, 5.74) is 6.17. The second kappa shape index (κ2) is 5.79. The van der Waals surface area contributed by atoms with E-state index >= 15 is 0 Å². The molecule has 0 aromatic rings. The van der Waals surface area contributed by atoms with Crippen LogP contribution in [0.4, 0.5) is 0 Å². The summed E-state index contributed by atoms with van der Waals surface area (Å²) >= 11 is 0. The standard InChI is InChI=1S/C18H31NO/c1-3-13-14(4-2)18(20)10-17-15-8-6-12(19)9-11(15)5-7-16(13)17/h11-17H,3-10,19H2,1-2H3. The Kier molecular flexibility index (Phi) is 4.21. The van der Waals surface area contributed by atoms with Crippen LogP contribution in [0.1, 0.15) is 65.2 Å². The van der Waals surface area contributed by atoms with Crippen LogP contribution in [0, 0.1) is 35.5 Å². The van der Waals surface area contributed by atoms with Gasteiger partial charge in [-0.3, -0.25) is 4.79 Å². The molecular weight excluding hydrogens is 246 g/mol. The van der Waals surface area contributed by atoms with Gasteiger partial charge in [0.05, 0.1) is 0 Å². The molecule has 0 radical (unpaired) electrons. The quantitative estimate of drug-likeness (QED) is 0.834. The van der Waals surface area contributed by atoms with Gasteiger partial charge in [-0.25, -0.2) is 0 Å². The van der Waals surface area contributed by atoms with E-state index in [9.17, 15) is 4.79 Å². The normalized spacial score (nSPS) is 48.5. The molecule has 7 unspecified atom stereocenters. The third kappa shape index (κ3) is 2.34. The largest absolute Gasteiger partial charge is 0.328 e. The Bertz CT molecular complexity index is 366. The molecule has 3 rings (SSSR count). The molecule has 0 heterocycles. The predicted molar refractivity (Wildman–Crippen MR) is 82.2 cm³/mol. The zero-order chi connectivity index (χ0) is 14.3. The van der Waals surface area contributed by atoms with Crippen LogP contribution in [-0.4, -0.2) is 11.8 Å². The number of fused-ring (bicyclic) bond motifs is 3. The van der Waals surface area contributed by atoms with Crippen LogP contribution >= 0.6 is 0 Å². The molecule has 0 aliphatic heterocycles. The molecule has 2 N–H and O–H groups in total. The van der Waals surface area contributed by atoms with E-state index < -0.39 is 0 Å². The van der Waals surface area contributed by atoms with Crippen molar-refractivity contribution in [2.24, 2.45) is 41.2 Å². The van der Waals surface area contributed by atoms with Crippen molar-refractivity contribution in [1.29, 1.82) is 0 Å². The van der Waals surface area contributed by atoms with E-state index in [0.717, 1.165) is 30.6 Å². The van der Waals surface area contributed by atoms with E-state index in [-0.39, 0.29) is 0 Å². The molecule has 3 aliphatic carbocycles. The number of hydrogen-bond acceptors (Lipinski definition) is 2. The predicted octanol–water partition coefficient (Wildman–Crippen LogP) is 3.78. The summed E-state index contributed by atoms with van der Waals surface area (Å²) in [6.45, 7) is 4.50. The molecule has 0 aromatic carbocycles. The Morgan fingerprint density at radius 3 is 2.45 bits per heavy atom. The van der Waals surface area contributed by atoms with Crippen LogP contribution in [0.3, 0.4) is 0 Å². The number of rotatable bonds is 2. The Balaban J connectivity index is 1.81. The van der Waals surface area contributed by atoms with Crippen LogP contribution in [0.2, 0.25) is 0 Å². The maximum absolute atomic E-state index is 12.6. The smallest absolute Gasteiger partial charge is 0.136 e. The van der Waals surface area contributed by atoms with Gasteiger partial charge < -0.3 is 5.73 Å². The summed E-state index contributed by atoms with van der Waals surface area (Å²) in [6.07, 6.45) is 9.57. The van der Waals surface area contributed by atoms with Gasteiger partial charge >= 0.3 is 0 Å². The van der Waals surface area contributed by atoms with Crippen LogP contribution in [-0.2, 0) is 4.79 Å². The van der Waals surface area contributed by atoms with E-state index in [1.54, 1.807) is 0 Å². The topological polar surface area (TPSA) is 43.1 Å². The minimum atomic E-state index is 0.364. The van der Waals surface area contributed by atoms with Crippen molar-refractivity contribution in [3.8, 4) is 0 Å². The van der Waals surface area contributed by atoms with Gasteiger partial charge in [0.25, 0.3) is 0 Å². The zero-order valence-corrected chi connectivity index (χ0v) is 13.2. The molecule has 0 aromatic heterocycles. The second-order valence-electron chi connectivity index (χ2n) is 7.66. The SMILES string of the molecule is CCC1C(=O)CC2C3CCC(N)CC3CCC2C1CC. The molecule has 114 valence electrons. The van der Waals surface area contributed by atoms with Crippen molar-refractivity contribution >= 4 is 5.78 Å². The Hall–Kier alpha value is -0.370. The number of Topliss-reactive ketones (excluding diaryl/α,β-unsaturated/α-hetero) is 1. The van der Waals surface area contributed by atoms with Crippen LogP contribution in [0.5, 0.6) is 0 Å². The first-order valence-electron chi connectivity index (χ1n) is 8.93. The average Bonchev–Trinajstić information content (AvgIpc) is 2.45. The minimum Gasteiger partial charge on any atom is -0.328 e. The Morgan fingerprint density at radius 1 is 1.00 bits per heavy atom. The van der Waals surface area contributed by atoms with Crippen molar-refractivity contribution in [3.63, 3.8) is 0 Å². The lowest BCUT2D eigenvalue weighted by molar-refractivity contribution is -0.136. The average molecular weight is 277 g/mol. The lowest BCUT2D eigenvalue weighted by Gasteiger charge is -2.53. The first-order chi connectivity index (χ1) is 9.65. The van der Waals surface area contributed by atoms with Gasteiger partial charge in [-0.2, -0.15) is 0 Å². The van der Waals surface area contributed by atoms with E-state index in [4.69, 9.17) is 5.73 Å². The van der Waals surface area contributed by atoms with E-state index in [1.165, 1.54) is 38.5 Å². The summed E-state index contributed by atoms with van der Waals surface area (Å²) in [5, 5.41) is 0. The maximum Gasteiger partial charge on any atom is 0.136 e. The van der Waals surface area contributed by atoms with Crippen molar-refractivity contribution in [3.05, 3.63) is 0 Å². The molecular formula is C18H31NO. The fraction of sp³-hybridized carbons (Fsp3) is 0.944. The molecule has 0 amide bonds. The molecule has 0 saturated heterocycles. The Morgan fingerprint density at radius 2 is 1.75 bits per heavy atom. The van der Waals surface area contributed by atoms with Crippen molar-refractivity contribution in [2.75, 3.05) is 0 Å². The number of carbonyl (C=O) groups is 1. The zero-order valence-electron chi connectivity index (χ0n) is 13.2. The van der Waals surface area contributed by atoms with Crippen molar-refractivity contribution < 1.29 is 4.79 Å². The van der Waals surface area contributed by atoms with Gasteiger partial charge in [0, 0.05) is 18.4 Å². The highest BCUT2D eigenvalue weighted by Gasteiger charge is 2.49. The molecule has 2 heteroatoms. The summed E-state index contributed by atoms with van der Waals surface area (Å²) in [5.74, 6) is 4.77. The van der Waals surface area contributed by atoms with E-state index in [0.29, 0.717) is 29.6 Å². The number of nitrogens with two attached hydrogens (primary N) is 1. The van der Waals surface area contributed by atoms with Gasteiger partial charge in [-0.05, 0) is 68.1 Å². The maximum atomic E-state index is 12.6. The van der Waals surface area contributed by atoms with E-state index in [1.807, 2.05) is 0 Å². The third-order valence-electron chi connectivity index (χ3n) is 6.88. The fourth-order valence-corrected chi connectivity index (χ4v) is 6.03. The third-order valence-corrected chi connectivity index (χ3v) is 6.88. The van der Waals surface area contributed by atoms with Gasteiger partial charge in [-0.15, -0.1) is 0 Å². The molecule has 3 fully saturated rings. The van der Waals surface area contributed by atoms with Crippen LogP contribution in [0.25, 0.3) is 0 Å². The summed E-state index contributed by atoms with van der Waals surface area (Å²) in [7, 11) is 0. The molecule has 3 aliphatic rings. The lowest BCUT2D eigenvalue weighted by atomic mass is 9.52. The van der Waals surface area contributed by atoms with Crippen LogP contribution < -0.4 is 5.73 Å². The number of hydrogen-bond donors (Lipinski definition) is 1. The first-order valence-corrected chi connectivity index (χ1v) is 8.93. The fourth-order valence-electron chi connectivity index (χ4n) is 6.03. The summed E-state index contributed by atoms with van der Waals surface area (Å²) in [4.78, 5) is 12.6. The molecule has 0 bridgehead atoms. The summed E-state index contributed by atoms with van der Waals surface area (Å²) in [6, 6.07) is 0.428. The molecule has 0 spiro atoms. The van der Waals surface area contributed by atoms with E-state index in [2.05, 4.69) is 13.8 Å². The molecule has 7 atom stereocenters. The lowest BCUT2D eigenvalue weighted by Crippen LogP contribution is -2.49. The summed E-state index contributed by atoms with van der Waals surface area (Å²) < 4.78 is 0. The van der Waals surface area contributed by atoms with Gasteiger partial charge in [0.1, 0.15) is 5.78 Å². The van der Waals surface area contributed by atoms with Gasteiger partial charge in [0.15, 0.2) is 0 Å². The number of ketones is 1. The molecule has 20 heavy (non-hydrogen) atoms. The van der Waals surface area contributed by atoms with Gasteiger partial charge in [0.2, 0.25) is 0 Å². The monoisotopic (exact) mass is 277 g/mol. The Labute approximate surface area is 123 Å². The second-order valence-corrected chi connectivity index (χ2v) is 7.66. The van der Waals surface area contributed by atoms with Crippen molar-refractivity contribution in [1.82, 2.24) is 0 Å². The van der Waals surface area contributed by atoms with Crippen molar-refractivity contribution in [2.45, 2.75) is 71.3 Å². The minimum absolute atomic E-state index is 0.364. The molecule has 2 nitrogen and oxygen atoms in total.